The lowest BCUT2D eigenvalue weighted by Crippen LogP contribution is -2.59. The summed E-state index contributed by atoms with van der Waals surface area (Å²) in [5, 5.41) is 42.9. The van der Waals surface area contributed by atoms with E-state index in [-0.39, 0.29) is 37.4 Å². The maximum Gasteiger partial charge on any atom is 0.326 e. The van der Waals surface area contributed by atoms with Crippen LogP contribution in [0.3, 0.4) is 0 Å². The zero-order valence-electron chi connectivity index (χ0n) is 31.2. The number of carboxylic acid groups (broad SMARTS) is 1. The largest absolute Gasteiger partial charge is 0.508 e. The number of para-hydroxylation sites is 1. The van der Waals surface area contributed by atoms with Gasteiger partial charge in [0, 0.05) is 29.9 Å². The number of hydrogen-bond donors (Lipinski definition) is 10. The highest BCUT2D eigenvalue weighted by atomic mass is 16.4. The lowest BCUT2D eigenvalue weighted by atomic mass is 10.00. The minimum Gasteiger partial charge on any atom is -0.508 e. The van der Waals surface area contributed by atoms with Crippen LogP contribution < -0.4 is 32.3 Å². The number of nitrogens with two attached hydrogens (primary N) is 1. The van der Waals surface area contributed by atoms with Crippen molar-refractivity contribution in [3.8, 4) is 5.75 Å². The number of aliphatic hydroxyl groups is 1. The molecule has 0 radical (unpaired) electrons. The summed E-state index contributed by atoms with van der Waals surface area (Å²) in [6.07, 6.45) is 1.95. The smallest absolute Gasteiger partial charge is 0.326 e. The molecule has 0 aliphatic rings. The molecular weight excluding hydrogens is 722 g/mol. The predicted molar refractivity (Wildman–Crippen MR) is 207 cm³/mol. The van der Waals surface area contributed by atoms with Crippen LogP contribution in [0.2, 0.25) is 0 Å². The van der Waals surface area contributed by atoms with Gasteiger partial charge in [-0.2, -0.15) is 0 Å². The van der Waals surface area contributed by atoms with Crippen molar-refractivity contribution in [2.45, 2.75) is 69.7 Å². The quantitative estimate of drug-likeness (QED) is 0.0592. The van der Waals surface area contributed by atoms with E-state index in [0.29, 0.717) is 11.1 Å². The molecule has 0 unspecified atom stereocenters. The zero-order chi connectivity index (χ0) is 40.8. The van der Waals surface area contributed by atoms with Crippen LogP contribution in [0, 0.1) is 5.92 Å². The summed E-state index contributed by atoms with van der Waals surface area (Å²) in [6.45, 7) is 2.24. The molecule has 1 heterocycles. The van der Waals surface area contributed by atoms with Gasteiger partial charge in [-0.1, -0.05) is 74.5 Å². The second-order valence-electron chi connectivity index (χ2n) is 13.9. The highest BCUT2D eigenvalue weighted by Crippen LogP contribution is 2.19. The van der Waals surface area contributed by atoms with Gasteiger partial charge in [-0.05, 0) is 53.6 Å². The molecule has 0 saturated heterocycles. The number of phenols is 1. The number of amides is 5. The van der Waals surface area contributed by atoms with Crippen LogP contribution >= 0.6 is 0 Å². The van der Waals surface area contributed by atoms with Crippen LogP contribution in [0.5, 0.6) is 5.75 Å². The molecule has 5 amide bonds. The van der Waals surface area contributed by atoms with Gasteiger partial charge in [0.15, 0.2) is 0 Å². The number of nitrogens with one attached hydrogen (secondary N) is 6. The van der Waals surface area contributed by atoms with Gasteiger partial charge in [0.1, 0.15) is 29.9 Å². The molecule has 0 spiro atoms. The average molecular weight is 772 g/mol. The minimum atomic E-state index is -1.52. The number of carbonyl (C=O) groups is 6. The number of rotatable bonds is 20. The Morgan fingerprint density at radius 3 is 1.91 bits per heavy atom. The molecule has 56 heavy (non-hydrogen) atoms. The highest BCUT2D eigenvalue weighted by molar-refractivity contribution is 5.96. The summed E-state index contributed by atoms with van der Waals surface area (Å²) < 4.78 is 0. The summed E-state index contributed by atoms with van der Waals surface area (Å²) in [6, 6.07) is 15.7. The average Bonchev–Trinajstić information content (AvgIpc) is 3.58. The number of aliphatic carboxylic acids is 1. The van der Waals surface area contributed by atoms with Gasteiger partial charge in [0.05, 0.1) is 19.2 Å². The first-order valence-electron chi connectivity index (χ1n) is 18.2. The number of hydrogen-bond acceptors (Lipinski definition) is 9. The number of aromatic nitrogens is 1. The SMILES string of the molecule is CC(C)C[C@H](NC(=O)[C@H](Cc1ccccc1)NC(=O)[C@H](CO)NC(=O)CNC(=O)[C@@H](N)Cc1c[nH]c2ccccc12)C(=O)N[C@@H](Cc1ccc(O)cc1)C(=O)O. The van der Waals surface area contributed by atoms with Crippen LogP contribution in [0.25, 0.3) is 10.9 Å². The fourth-order valence-corrected chi connectivity index (χ4v) is 6.01. The number of aromatic hydroxyl groups is 1. The topological polar surface area (TPSA) is 265 Å². The van der Waals surface area contributed by atoms with Crippen LogP contribution in [-0.2, 0) is 48.0 Å². The molecule has 0 saturated carbocycles. The summed E-state index contributed by atoms with van der Waals surface area (Å²) in [4.78, 5) is 81.5. The fourth-order valence-electron chi connectivity index (χ4n) is 6.01. The Bertz CT molecular complexity index is 1970. The molecule has 4 aromatic rings. The molecule has 3 aromatic carbocycles. The third-order valence-electron chi connectivity index (χ3n) is 8.96. The summed E-state index contributed by atoms with van der Waals surface area (Å²) in [5.74, 6) is -5.28. The summed E-state index contributed by atoms with van der Waals surface area (Å²) in [7, 11) is 0. The summed E-state index contributed by atoms with van der Waals surface area (Å²) >= 11 is 0. The van der Waals surface area contributed by atoms with Crippen molar-refractivity contribution in [2.75, 3.05) is 13.2 Å². The van der Waals surface area contributed by atoms with Gasteiger partial charge in [-0.15, -0.1) is 0 Å². The molecule has 11 N–H and O–H groups in total. The highest BCUT2D eigenvalue weighted by Gasteiger charge is 2.32. The lowest BCUT2D eigenvalue weighted by Gasteiger charge is -2.26. The molecule has 0 aliphatic heterocycles. The number of aliphatic hydroxyl groups excluding tert-OH is 1. The van der Waals surface area contributed by atoms with Crippen LogP contribution in [0.1, 0.15) is 37.0 Å². The summed E-state index contributed by atoms with van der Waals surface area (Å²) in [5.41, 5.74) is 9.01. The molecule has 1 aromatic heterocycles. The van der Waals surface area contributed by atoms with E-state index in [1.165, 1.54) is 24.3 Å². The third kappa shape index (κ3) is 12.7. The second kappa shape index (κ2) is 20.4. The number of fused-ring (bicyclic) bond motifs is 1. The van der Waals surface area contributed by atoms with E-state index in [4.69, 9.17) is 5.73 Å². The van der Waals surface area contributed by atoms with Crippen LogP contribution in [-0.4, -0.2) is 99.2 Å². The van der Waals surface area contributed by atoms with Crippen molar-refractivity contribution in [1.82, 2.24) is 31.6 Å². The van der Waals surface area contributed by atoms with Gasteiger partial charge in [0.2, 0.25) is 29.5 Å². The van der Waals surface area contributed by atoms with Gasteiger partial charge < -0.3 is 52.6 Å². The van der Waals surface area contributed by atoms with E-state index >= 15 is 0 Å². The van der Waals surface area contributed by atoms with E-state index < -0.39 is 78.9 Å². The lowest BCUT2D eigenvalue weighted by molar-refractivity contribution is -0.142. The van der Waals surface area contributed by atoms with Crippen molar-refractivity contribution < 1.29 is 44.1 Å². The molecule has 0 aliphatic carbocycles. The predicted octanol–water partition coefficient (Wildman–Crippen LogP) is 0.407. The van der Waals surface area contributed by atoms with Crippen molar-refractivity contribution in [3.05, 3.63) is 102 Å². The van der Waals surface area contributed by atoms with E-state index in [0.717, 1.165) is 16.5 Å². The molecule has 5 atom stereocenters. The molecule has 298 valence electrons. The number of benzene rings is 3. The molecule has 0 fully saturated rings. The van der Waals surface area contributed by atoms with Crippen LogP contribution in [0.15, 0.2) is 85.1 Å². The molecule has 16 nitrogen and oxygen atoms in total. The minimum absolute atomic E-state index is 0.00297. The Morgan fingerprint density at radius 1 is 0.679 bits per heavy atom. The molecule has 4 rings (SSSR count). The molecule has 16 heteroatoms. The Balaban J connectivity index is 1.39. The number of H-pyrrole nitrogens is 1. The van der Waals surface area contributed by atoms with E-state index in [9.17, 15) is 44.1 Å². The van der Waals surface area contributed by atoms with Crippen molar-refractivity contribution in [2.24, 2.45) is 11.7 Å². The second-order valence-corrected chi connectivity index (χ2v) is 13.9. The number of carboxylic acids is 1. The van der Waals surface area contributed by atoms with E-state index in [1.54, 1.807) is 36.5 Å². The maximum atomic E-state index is 13.8. The van der Waals surface area contributed by atoms with Gasteiger partial charge in [-0.25, -0.2) is 4.79 Å². The van der Waals surface area contributed by atoms with E-state index in [1.807, 2.05) is 38.1 Å². The number of phenolic OH excluding ortho intramolecular Hbond substituents is 1. The third-order valence-corrected chi connectivity index (χ3v) is 8.96. The van der Waals surface area contributed by atoms with Crippen LogP contribution in [0.4, 0.5) is 0 Å². The Morgan fingerprint density at radius 2 is 1.25 bits per heavy atom. The molecule has 0 bridgehead atoms. The number of carbonyl (C=O) groups excluding carboxylic acids is 5. The van der Waals surface area contributed by atoms with Crippen molar-refractivity contribution >= 4 is 46.4 Å². The van der Waals surface area contributed by atoms with E-state index in [2.05, 4.69) is 31.6 Å². The number of aromatic amines is 1. The maximum absolute atomic E-state index is 13.8. The zero-order valence-corrected chi connectivity index (χ0v) is 31.2. The first kappa shape index (κ1) is 42.5. The monoisotopic (exact) mass is 771 g/mol. The first-order valence-corrected chi connectivity index (χ1v) is 18.2. The standard InChI is InChI=1S/C40H49N7O9/c1-23(2)16-31(37(52)47-33(40(55)56)18-25-12-14-27(49)15-13-25)45-38(53)32(17-24-8-4-3-5-9-24)46-39(54)34(22-48)44-35(50)21-43-36(51)29(41)19-26-20-42-30-11-7-6-10-28(26)30/h3-15,20,23,29,31-34,42,48-49H,16-19,21-22,41H2,1-2H3,(H,43,51)(H,44,50)(H,45,53)(H,46,54)(H,47,52)(H,55,56)/t29-,31-,32-,33-,34-/m0/s1. The molecular formula is C40H49N7O9. The Hall–Kier alpha value is -6.26. The Labute approximate surface area is 323 Å². The normalized spacial score (nSPS) is 13.8. The van der Waals surface area contributed by atoms with Gasteiger partial charge in [-0.3, -0.25) is 24.0 Å². The first-order chi connectivity index (χ1) is 26.7. The fraction of sp³-hybridized carbons (Fsp3) is 0.350. The van der Waals surface area contributed by atoms with Gasteiger partial charge in [0.25, 0.3) is 0 Å². The van der Waals surface area contributed by atoms with Crippen molar-refractivity contribution in [1.29, 1.82) is 0 Å². The van der Waals surface area contributed by atoms with Gasteiger partial charge >= 0.3 is 5.97 Å². The Kier molecular flexibility index (Phi) is 15.5. The van der Waals surface area contributed by atoms with Crippen molar-refractivity contribution in [3.63, 3.8) is 0 Å².